The molecule has 37 heavy (non-hydrogen) atoms. The highest BCUT2D eigenvalue weighted by atomic mass is 35.5. The van der Waals surface area contributed by atoms with Gasteiger partial charge < -0.3 is 20.1 Å². The number of nitrogens with one attached hydrogen (secondary N) is 2. The fourth-order valence-electron chi connectivity index (χ4n) is 5.63. The van der Waals surface area contributed by atoms with E-state index in [0.717, 1.165) is 25.9 Å². The van der Waals surface area contributed by atoms with Crippen LogP contribution in [-0.2, 0) is 18.4 Å². The molecule has 0 spiro atoms. The smallest absolute Gasteiger partial charge is 0.264 e. The number of likely N-dealkylation sites (N-methyl/N-ethyl adjacent to an activating group) is 1. The highest BCUT2D eigenvalue weighted by Gasteiger charge is 2.36. The summed E-state index contributed by atoms with van der Waals surface area (Å²) in [6.45, 7) is 1.79. The highest BCUT2D eigenvalue weighted by molar-refractivity contribution is 6.43. The number of amides is 1. The Morgan fingerprint density at radius 3 is 2.57 bits per heavy atom. The number of hydrogen-bond donors (Lipinski definition) is 2. The van der Waals surface area contributed by atoms with Crippen LogP contribution in [0.4, 0.5) is 5.95 Å². The molecule has 0 radical (unpaired) electrons. The fourth-order valence-corrected chi connectivity index (χ4v) is 6.32. The average molecular weight is 543 g/mol. The Bertz CT molecular complexity index is 1580. The number of benzene rings is 1. The monoisotopic (exact) mass is 542 g/mol. The number of hydrogen-bond acceptors (Lipinski definition) is 6. The molecule has 4 aromatic rings. The third-order valence-electron chi connectivity index (χ3n) is 7.60. The lowest BCUT2D eigenvalue weighted by atomic mass is 9.93. The van der Waals surface area contributed by atoms with Gasteiger partial charge in [0.15, 0.2) is 0 Å². The van der Waals surface area contributed by atoms with Crippen LogP contribution in [0.25, 0.3) is 33.1 Å². The van der Waals surface area contributed by atoms with Gasteiger partial charge in [0.1, 0.15) is 17.3 Å². The molecule has 12 heteroatoms. The van der Waals surface area contributed by atoms with E-state index in [2.05, 4.69) is 20.3 Å². The van der Waals surface area contributed by atoms with E-state index >= 15 is 0 Å². The third-order valence-corrected chi connectivity index (χ3v) is 8.37. The fraction of sp³-hybridized carbons (Fsp3) is 0.440. The Hall–Kier alpha value is -3.08. The van der Waals surface area contributed by atoms with Crippen LogP contribution in [0.15, 0.2) is 23.1 Å². The Kier molecular flexibility index (Phi) is 5.93. The summed E-state index contributed by atoms with van der Waals surface area (Å²) in [5.74, 6) is 0.556. The Morgan fingerprint density at radius 1 is 1.14 bits per heavy atom. The van der Waals surface area contributed by atoms with E-state index in [-0.39, 0.29) is 23.2 Å². The largest absolute Gasteiger partial charge is 0.347 e. The molecule has 0 saturated carbocycles. The SMILES string of the molecule is CN(C)C(=O)Cn1nc2ccc(-c3c[nH]c4nc(N5C6CCCC5CNC6)n(C)c(=O)c34)c(Cl)c2c1Cl. The van der Waals surface area contributed by atoms with Crippen molar-refractivity contribution in [1.29, 1.82) is 0 Å². The number of fused-ring (bicyclic) bond motifs is 4. The zero-order valence-electron chi connectivity index (χ0n) is 20.9. The zero-order chi connectivity index (χ0) is 26.0. The molecule has 2 atom stereocenters. The molecule has 0 aliphatic carbocycles. The van der Waals surface area contributed by atoms with Crippen LogP contribution < -0.4 is 15.8 Å². The summed E-state index contributed by atoms with van der Waals surface area (Å²) in [4.78, 5) is 37.9. The first-order chi connectivity index (χ1) is 17.8. The first-order valence-corrected chi connectivity index (χ1v) is 13.1. The van der Waals surface area contributed by atoms with E-state index in [1.54, 1.807) is 38.0 Å². The summed E-state index contributed by atoms with van der Waals surface area (Å²) in [5.41, 5.74) is 2.26. The van der Waals surface area contributed by atoms with E-state index in [0.29, 0.717) is 56.1 Å². The molecule has 3 aromatic heterocycles. The molecule has 2 fully saturated rings. The number of piperidine rings is 1. The minimum absolute atomic E-state index is 0.000505. The van der Waals surface area contributed by atoms with Gasteiger partial charge in [-0.3, -0.25) is 14.2 Å². The van der Waals surface area contributed by atoms with Crippen molar-refractivity contribution < 1.29 is 4.79 Å². The Morgan fingerprint density at radius 2 is 1.86 bits per heavy atom. The van der Waals surface area contributed by atoms with E-state index < -0.39 is 0 Å². The van der Waals surface area contributed by atoms with E-state index in [1.807, 2.05) is 6.07 Å². The Labute approximate surface area is 223 Å². The van der Waals surface area contributed by atoms with Gasteiger partial charge in [0.05, 0.1) is 21.3 Å². The minimum Gasteiger partial charge on any atom is -0.347 e. The molecule has 2 saturated heterocycles. The highest BCUT2D eigenvalue weighted by Crippen LogP contribution is 2.40. The number of aromatic nitrogens is 5. The average Bonchev–Trinajstić information content (AvgIpc) is 3.42. The topological polar surface area (TPSA) is 104 Å². The van der Waals surface area contributed by atoms with Crippen molar-refractivity contribution in [2.75, 3.05) is 32.1 Å². The van der Waals surface area contributed by atoms with Crippen LogP contribution in [0, 0.1) is 0 Å². The van der Waals surface area contributed by atoms with Gasteiger partial charge in [-0.25, -0.2) is 4.68 Å². The maximum absolute atomic E-state index is 13.7. The number of aromatic amines is 1. The maximum atomic E-state index is 13.7. The van der Waals surface area contributed by atoms with Gasteiger partial charge in [-0.15, -0.1) is 0 Å². The van der Waals surface area contributed by atoms with Crippen LogP contribution >= 0.6 is 23.2 Å². The lowest BCUT2D eigenvalue weighted by molar-refractivity contribution is -0.129. The van der Waals surface area contributed by atoms with E-state index in [9.17, 15) is 9.59 Å². The van der Waals surface area contributed by atoms with Crippen LogP contribution in [0.5, 0.6) is 0 Å². The molecule has 2 aliphatic heterocycles. The number of halogens is 2. The molecule has 6 rings (SSSR count). The lowest BCUT2D eigenvalue weighted by Gasteiger charge is -2.47. The summed E-state index contributed by atoms with van der Waals surface area (Å²) in [6, 6.07) is 4.27. The van der Waals surface area contributed by atoms with Crippen molar-refractivity contribution in [1.82, 2.24) is 34.5 Å². The first kappa shape index (κ1) is 24.3. The van der Waals surface area contributed by atoms with Crippen molar-refractivity contribution in [3.05, 3.63) is 38.9 Å². The summed E-state index contributed by atoms with van der Waals surface area (Å²) >= 11 is 13.5. The van der Waals surface area contributed by atoms with Gasteiger partial charge in [-0.1, -0.05) is 29.3 Å². The number of piperazine rings is 1. The first-order valence-electron chi connectivity index (χ1n) is 12.4. The number of H-pyrrole nitrogens is 1. The van der Waals surface area contributed by atoms with Gasteiger partial charge >= 0.3 is 0 Å². The van der Waals surface area contributed by atoms with Gasteiger partial charge in [0, 0.05) is 63.6 Å². The lowest BCUT2D eigenvalue weighted by Crippen LogP contribution is -2.61. The maximum Gasteiger partial charge on any atom is 0.264 e. The molecular formula is C25H28Cl2N8O2. The second kappa shape index (κ2) is 9.04. The molecule has 2 N–H and O–H groups in total. The normalized spacial score (nSPS) is 19.6. The summed E-state index contributed by atoms with van der Waals surface area (Å²) in [7, 11) is 5.14. The molecule has 2 unspecified atom stereocenters. The van der Waals surface area contributed by atoms with E-state index in [4.69, 9.17) is 28.2 Å². The van der Waals surface area contributed by atoms with Crippen LogP contribution in [-0.4, -0.2) is 74.4 Å². The minimum atomic E-state index is -0.137. The van der Waals surface area contributed by atoms with Crippen LogP contribution in [0.2, 0.25) is 10.2 Å². The Balaban J connectivity index is 1.46. The predicted octanol–water partition coefficient (Wildman–Crippen LogP) is 3.00. The van der Waals surface area contributed by atoms with Crippen LogP contribution in [0.1, 0.15) is 19.3 Å². The van der Waals surface area contributed by atoms with Crippen molar-refractivity contribution in [3.63, 3.8) is 0 Å². The van der Waals surface area contributed by atoms with Crippen molar-refractivity contribution in [2.24, 2.45) is 7.05 Å². The van der Waals surface area contributed by atoms with Gasteiger partial charge in [0.2, 0.25) is 11.9 Å². The van der Waals surface area contributed by atoms with Crippen LogP contribution in [0.3, 0.4) is 0 Å². The molecule has 1 amide bonds. The number of anilines is 1. The summed E-state index contributed by atoms with van der Waals surface area (Å²) < 4.78 is 3.09. The molecule has 2 aliphatic rings. The van der Waals surface area contributed by atoms with E-state index in [1.165, 1.54) is 16.0 Å². The zero-order valence-corrected chi connectivity index (χ0v) is 22.4. The van der Waals surface area contributed by atoms with Crippen molar-refractivity contribution in [2.45, 2.75) is 37.9 Å². The standard InChI is InChI=1S/C25H28Cl2N8O2/c1-32(2)18(36)12-34-22(27)20-17(31-34)8-7-15(21(20)26)16-11-29-23-19(16)24(37)33(3)25(30-23)35-13-5-4-6-14(35)10-28-9-13/h7-8,11,13-14,28-29H,4-6,9-10,12H2,1-3H3. The molecular weight excluding hydrogens is 515 g/mol. The number of nitrogens with zero attached hydrogens (tertiary/aromatic N) is 6. The molecule has 10 nitrogen and oxygen atoms in total. The number of carbonyl (C=O) groups is 1. The van der Waals surface area contributed by atoms with Gasteiger partial charge in [-0.2, -0.15) is 10.1 Å². The second-order valence-electron chi connectivity index (χ2n) is 10.1. The van der Waals surface area contributed by atoms with Crippen molar-refractivity contribution in [3.8, 4) is 11.1 Å². The molecule has 1 aromatic carbocycles. The van der Waals surface area contributed by atoms with Gasteiger partial charge in [0.25, 0.3) is 5.56 Å². The second-order valence-corrected chi connectivity index (χ2v) is 10.8. The molecule has 194 valence electrons. The third kappa shape index (κ3) is 3.81. The predicted molar refractivity (Wildman–Crippen MR) is 146 cm³/mol. The molecule has 5 heterocycles. The summed E-state index contributed by atoms with van der Waals surface area (Å²) in [6.07, 6.45) is 5.12. The number of carbonyl (C=O) groups excluding carboxylic acids is 1. The van der Waals surface area contributed by atoms with Gasteiger partial charge in [-0.05, 0) is 25.3 Å². The summed E-state index contributed by atoms with van der Waals surface area (Å²) in [5, 5.41) is 9.62. The quantitative estimate of drug-likeness (QED) is 0.410. The number of rotatable bonds is 4. The van der Waals surface area contributed by atoms with Crippen molar-refractivity contribution >= 4 is 57.0 Å². The molecule has 2 bridgehead atoms.